The Morgan fingerprint density at radius 2 is 1.42 bits per heavy atom. The first-order valence-corrected chi connectivity index (χ1v) is 16.0. The summed E-state index contributed by atoms with van der Waals surface area (Å²) in [5.41, 5.74) is 7.40. The molecular formula is C36H30N4O7S. The second-order valence-corrected chi connectivity index (χ2v) is 11.8. The summed E-state index contributed by atoms with van der Waals surface area (Å²) < 4.78 is 11.1. The lowest BCUT2D eigenvalue weighted by molar-refractivity contribution is -0.154. The van der Waals surface area contributed by atoms with Gasteiger partial charge in [0.1, 0.15) is 23.7 Å². The number of hydrogen-bond donors (Lipinski definition) is 2. The number of benzene rings is 4. The van der Waals surface area contributed by atoms with Crippen molar-refractivity contribution in [2.45, 2.75) is 17.5 Å². The molecule has 48 heavy (non-hydrogen) atoms. The minimum absolute atomic E-state index is 0.0363. The predicted molar refractivity (Wildman–Crippen MR) is 178 cm³/mol. The number of nitrogens with zero attached hydrogens (tertiary/aromatic N) is 2. The third-order valence-electron chi connectivity index (χ3n) is 7.59. The first-order chi connectivity index (χ1) is 23.4. The highest BCUT2D eigenvalue weighted by atomic mass is 32.2. The zero-order valence-electron chi connectivity index (χ0n) is 25.4. The van der Waals surface area contributed by atoms with E-state index in [4.69, 9.17) is 20.0 Å². The highest BCUT2D eigenvalue weighted by Gasteiger charge is 2.55. The van der Waals surface area contributed by atoms with E-state index in [1.807, 2.05) is 66.7 Å². The van der Waals surface area contributed by atoms with Crippen LogP contribution in [0.25, 0.3) is 0 Å². The van der Waals surface area contributed by atoms with E-state index in [9.17, 15) is 19.2 Å². The molecule has 2 aliphatic rings. The predicted octanol–water partition coefficient (Wildman–Crippen LogP) is 4.55. The third-order valence-corrected chi connectivity index (χ3v) is 8.93. The van der Waals surface area contributed by atoms with E-state index >= 15 is 0 Å². The van der Waals surface area contributed by atoms with Crippen LogP contribution in [-0.4, -0.2) is 58.3 Å². The molecule has 0 unspecified atom stereocenters. The van der Waals surface area contributed by atoms with Gasteiger partial charge in [-0.15, -0.1) is 11.8 Å². The summed E-state index contributed by atoms with van der Waals surface area (Å²) in [6, 6.07) is 34.9. The maximum absolute atomic E-state index is 14.0. The lowest BCUT2D eigenvalue weighted by Gasteiger charge is -2.49. The summed E-state index contributed by atoms with van der Waals surface area (Å²) in [4.78, 5) is 59.7. The molecular weight excluding hydrogens is 632 g/mol. The zero-order chi connectivity index (χ0) is 33.5. The fraction of sp³-hybridized carbons (Fsp3) is 0.139. The molecule has 1 saturated heterocycles. The van der Waals surface area contributed by atoms with Crippen LogP contribution >= 0.6 is 11.8 Å². The molecule has 6 rings (SSSR count). The number of carbonyl (C=O) groups is 4. The van der Waals surface area contributed by atoms with Gasteiger partial charge in [0.05, 0.1) is 0 Å². The Morgan fingerprint density at radius 1 is 0.854 bits per heavy atom. The number of primary amides is 1. The van der Waals surface area contributed by atoms with Crippen LogP contribution in [0, 0.1) is 0 Å². The second kappa shape index (κ2) is 14.7. The first kappa shape index (κ1) is 32.1. The molecule has 2 atom stereocenters. The van der Waals surface area contributed by atoms with Gasteiger partial charge >= 0.3 is 12.1 Å². The molecule has 1 fully saturated rings. The van der Waals surface area contributed by atoms with Crippen LogP contribution in [0.3, 0.4) is 0 Å². The summed E-state index contributed by atoms with van der Waals surface area (Å²) in [6.45, 7) is -0.316. The van der Waals surface area contributed by atoms with Crippen molar-refractivity contribution in [1.29, 1.82) is 0 Å². The number of nitrogens with one attached hydrogen (secondary N) is 1. The fourth-order valence-corrected chi connectivity index (χ4v) is 6.63. The molecule has 2 aliphatic heterocycles. The third kappa shape index (κ3) is 7.08. The van der Waals surface area contributed by atoms with Crippen molar-refractivity contribution in [3.05, 3.63) is 149 Å². The zero-order valence-corrected chi connectivity index (χ0v) is 26.2. The van der Waals surface area contributed by atoms with Gasteiger partial charge in [-0.25, -0.2) is 9.59 Å². The number of ether oxygens (including phenoxy) is 2. The maximum Gasteiger partial charge on any atom is 0.404 e. The molecule has 242 valence electrons. The number of oxime groups is 1. The second-order valence-electron chi connectivity index (χ2n) is 10.7. The molecule has 0 aliphatic carbocycles. The fourth-order valence-electron chi connectivity index (χ4n) is 5.30. The van der Waals surface area contributed by atoms with Gasteiger partial charge in [-0.3, -0.25) is 14.5 Å². The van der Waals surface area contributed by atoms with Crippen molar-refractivity contribution in [3.63, 3.8) is 0 Å². The number of nitrogens with two attached hydrogens (primary N) is 1. The normalized spacial score (nSPS) is 17.2. The number of esters is 1. The minimum Gasteiger partial charge on any atom is -0.448 e. The Kier molecular flexibility index (Phi) is 9.82. The average Bonchev–Trinajstić information content (AvgIpc) is 3.13. The first-order valence-electron chi connectivity index (χ1n) is 15.0. The van der Waals surface area contributed by atoms with Crippen molar-refractivity contribution in [3.8, 4) is 5.75 Å². The lowest BCUT2D eigenvalue weighted by Crippen LogP contribution is -2.71. The van der Waals surface area contributed by atoms with Gasteiger partial charge in [0.2, 0.25) is 0 Å². The van der Waals surface area contributed by atoms with Crippen molar-refractivity contribution in [2.75, 3.05) is 12.4 Å². The molecule has 4 aromatic carbocycles. The van der Waals surface area contributed by atoms with Crippen LogP contribution in [-0.2, 0) is 23.9 Å². The molecule has 2 heterocycles. The van der Waals surface area contributed by atoms with E-state index in [1.165, 1.54) is 16.7 Å². The summed E-state index contributed by atoms with van der Waals surface area (Å²) in [6.07, 6.45) is -1.82. The smallest absolute Gasteiger partial charge is 0.404 e. The number of thioether (sulfide) groups is 1. The van der Waals surface area contributed by atoms with Gasteiger partial charge in [-0.2, -0.15) is 0 Å². The Hall–Kier alpha value is -5.88. The topological polar surface area (TPSA) is 150 Å². The van der Waals surface area contributed by atoms with Crippen molar-refractivity contribution < 1.29 is 33.5 Å². The van der Waals surface area contributed by atoms with Crippen molar-refractivity contribution >= 4 is 41.4 Å². The highest BCUT2D eigenvalue weighted by Crippen LogP contribution is 2.41. The summed E-state index contributed by atoms with van der Waals surface area (Å²) in [5.74, 6) is -1.34. The van der Waals surface area contributed by atoms with Gasteiger partial charge in [-0.1, -0.05) is 114 Å². The molecule has 11 nitrogen and oxygen atoms in total. The molecule has 0 aromatic heterocycles. The van der Waals surface area contributed by atoms with Crippen LogP contribution in [0.15, 0.2) is 138 Å². The van der Waals surface area contributed by atoms with E-state index in [-0.39, 0.29) is 23.8 Å². The number of β-lactam (4-membered cyclic amide) rings is 1. The summed E-state index contributed by atoms with van der Waals surface area (Å²) >= 11 is 1.30. The molecule has 0 radical (unpaired) electrons. The minimum atomic E-state index is -1.03. The van der Waals surface area contributed by atoms with E-state index in [2.05, 4.69) is 10.5 Å². The molecule has 0 saturated carbocycles. The Balaban J connectivity index is 1.26. The van der Waals surface area contributed by atoms with Gasteiger partial charge < -0.3 is 25.4 Å². The monoisotopic (exact) mass is 662 g/mol. The van der Waals surface area contributed by atoms with Crippen molar-refractivity contribution in [2.24, 2.45) is 10.9 Å². The lowest BCUT2D eigenvalue weighted by atomic mass is 10.0. The molecule has 3 N–H and O–H groups in total. The number of fused-ring (bicyclic) bond motifs is 1. The summed E-state index contributed by atoms with van der Waals surface area (Å²) in [7, 11) is 0. The number of para-hydroxylation sites is 1. The van der Waals surface area contributed by atoms with Gasteiger partial charge in [0.25, 0.3) is 11.8 Å². The Bertz CT molecular complexity index is 1820. The number of rotatable bonds is 11. The van der Waals surface area contributed by atoms with Gasteiger partial charge in [-0.05, 0) is 23.3 Å². The van der Waals surface area contributed by atoms with Gasteiger partial charge in [0, 0.05) is 16.9 Å². The van der Waals surface area contributed by atoms with Gasteiger partial charge in [0.15, 0.2) is 17.6 Å². The van der Waals surface area contributed by atoms with E-state index in [0.29, 0.717) is 16.9 Å². The number of carbonyl (C=O) groups excluding carboxylic acids is 4. The van der Waals surface area contributed by atoms with Crippen LogP contribution in [0.2, 0.25) is 0 Å². The number of amides is 3. The largest absolute Gasteiger partial charge is 0.448 e. The Labute approximate surface area is 280 Å². The molecule has 4 aromatic rings. The Morgan fingerprint density at radius 3 is 2.00 bits per heavy atom. The van der Waals surface area contributed by atoms with Crippen LogP contribution in [0.4, 0.5) is 4.79 Å². The standard InChI is InChI=1S/C36H30N4O7S/c37-36(44)45-21-26-22-48-34-29(38-32(41)28(23-13-5-1-6-14-23)39-47-27-19-11-4-12-20-27)33(42)40(34)30(26)35(43)46-31(24-15-7-2-8-16-24)25-17-9-3-10-18-25/h1-20,29,31,34H,21-22H2,(H2,37,44)(H,38,41)/t29-,34-/m1/s1. The average molecular weight is 663 g/mol. The SMILES string of the molecule is NC(=O)OCC1=C(C(=O)OC(c2ccccc2)c2ccccc2)N2C(=O)[C@@H](NC(=O)C(=NOc3ccccc3)c3ccccc3)[C@H]2SC1. The molecule has 12 heteroatoms. The van der Waals surface area contributed by atoms with E-state index in [0.717, 1.165) is 11.1 Å². The highest BCUT2D eigenvalue weighted by molar-refractivity contribution is 8.00. The van der Waals surface area contributed by atoms with Crippen molar-refractivity contribution in [1.82, 2.24) is 10.2 Å². The van der Waals surface area contributed by atoms with Crippen LogP contribution in [0.1, 0.15) is 22.8 Å². The number of hydrogen-bond acceptors (Lipinski definition) is 9. The molecule has 0 bridgehead atoms. The molecule has 3 amide bonds. The van der Waals surface area contributed by atoms with Crippen LogP contribution in [0.5, 0.6) is 5.75 Å². The molecule has 0 spiro atoms. The maximum atomic E-state index is 14.0. The van der Waals surface area contributed by atoms with E-state index < -0.39 is 41.4 Å². The van der Waals surface area contributed by atoms with Crippen LogP contribution < -0.4 is 15.9 Å². The van der Waals surface area contributed by atoms with E-state index in [1.54, 1.807) is 54.6 Å². The quantitative estimate of drug-likeness (QED) is 0.103. The summed E-state index contributed by atoms with van der Waals surface area (Å²) in [5, 5.41) is 6.24.